The lowest BCUT2D eigenvalue weighted by Gasteiger charge is -2.09. The van der Waals surface area contributed by atoms with Crippen LogP contribution in [0.15, 0.2) is 92.0 Å². The van der Waals surface area contributed by atoms with Gasteiger partial charge in [-0.1, -0.05) is 18.2 Å². The summed E-state index contributed by atoms with van der Waals surface area (Å²) < 4.78 is 48.8. The molecule has 0 aliphatic carbocycles. The van der Waals surface area contributed by atoms with E-state index in [2.05, 4.69) is 4.99 Å². The van der Waals surface area contributed by atoms with E-state index in [4.69, 9.17) is 18.6 Å². The van der Waals surface area contributed by atoms with E-state index in [1.54, 1.807) is 67.8 Å². The first-order valence-corrected chi connectivity index (χ1v) is 11.1. The lowest BCUT2D eigenvalue weighted by molar-refractivity contribution is 0.394. The molecule has 0 spiro atoms. The Morgan fingerprint density at radius 3 is 2.03 bits per heavy atom. The van der Waals surface area contributed by atoms with Gasteiger partial charge in [-0.15, -0.1) is 0 Å². The predicted octanol–water partition coefficient (Wildman–Crippen LogP) is 4.52. The quantitative estimate of drug-likeness (QED) is 0.428. The van der Waals surface area contributed by atoms with E-state index >= 15 is 0 Å². The molecule has 0 bridgehead atoms. The summed E-state index contributed by atoms with van der Waals surface area (Å²) in [6.07, 6.45) is 0. The summed E-state index contributed by atoms with van der Waals surface area (Å²) in [5.74, 6) is 1.60. The second-order valence-electron chi connectivity index (χ2n) is 6.82. The summed E-state index contributed by atoms with van der Waals surface area (Å²) in [6, 6.07) is 19.9. The molecule has 0 fully saturated rings. The van der Waals surface area contributed by atoms with Crippen molar-refractivity contribution in [3.8, 4) is 17.2 Å². The lowest BCUT2D eigenvalue weighted by atomic mass is 10.2. The Balaban J connectivity index is 2.03. The summed E-state index contributed by atoms with van der Waals surface area (Å²) in [6.45, 7) is 0. The van der Waals surface area contributed by atoms with E-state index in [1.807, 2.05) is 0 Å². The summed E-state index contributed by atoms with van der Waals surface area (Å²) >= 11 is 0. The fourth-order valence-electron chi connectivity index (χ4n) is 3.18. The number of sulfone groups is 1. The maximum Gasteiger partial charge on any atom is 0.239 e. The minimum absolute atomic E-state index is 0.0526. The topological polar surface area (TPSA) is 87.3 Å². The number of ether oxygens (including phenoxy) is 3. The minimum atomic E-state index is -3.91. The molecule has 0 saturated carbocycles. The molecule has 4 aromatic rings. The second-order valence-corrected chi connectivity index (χ2v) is 8.74. The van der Waals surface area contributed by atoms with Crippen molar-refractivity contribution in [1.29, 1.82) is 0 Å². The smallest absolute Gasteiger partial charge is 0.239 e. The van der Waals surface area contributed by atoms with Gasteiger partial charge in [-0.05, 0) is 30.3 Å². The third-order valence-electron chi connectivity index (χ3n) is 4.83. The first-order chi connectivity index (χ1) is 15.4. The van der Waals surface area contributed by atoms with E-state index in [1.165, 1.54) is 26.4 Å². The van der Waals surface area contributed by atoms with Crippen molar-refractivity contribution in [3.05, 3.63) is 78.4 Å². The van der Waals surface area contributed by atoms with E-state index in [9.17, 15) is 8.42 Å². The summed E-state index contributed by atoms with van der Waals surface area (Å²) in [4.78, 5) is 4.60. The number of hydrogen-bond acceptors (Lipinski definition) is 7. The molecule has 0 amide bonds. The second kappa shape index (κ2) is 8.76. The first-order valence-electron chi connectivity index (χ1n) is 9.64. The van der Waals surface area contributed by atoms with Gasteiger partial charge in [-0.3, -0.25) is 0 Å². The average molecular weight is 452 g/mol. The Hall–Kier alpha value is -3.78. The van der Waals surface area contributed by atoms with Crippen molar-refractivity contribution in [2.45, 2.75) is 9.79 Å². The van der Waals surface area contributed by atoms with Gasteiger partial charge in [0.25, 0.3) is 0 Å². The van der Waals surface area contributed by atoms with Crippen molar-refractivity contribution >= 4 is 26.5 Å². The molecular weight excluding hydrogens is 430 g/mol. The van der Waals surface area contributed by atoms with Gasteiger partial charge in [0.05, 0.1) is 31.9 Å². The van der Waals surface area contributed by atoms with Gasteiger partial charge in [-0.25, -0.2) is 13.4 Å². The molecule has 0 aliphatic rings. The number of rotatable bonds is 6. The molecule has 3 aromatic carbocycles. The fraction of sp³-hybridized carbons (Fsp3) is 0.125. The number of hydrogen-bond donors (Lipinski definition) is 0. The van der Waals surface area contributed by atoms with Gasteiger partial charge in [0.1, 0.15) is 27.7 Å². The highest BCUT2D eigenvalue weighted by molar-refractivity contribution is 7.91. The summed E-state index contributed by atoms with van der Waals surface area (Å²) in [5, 5.41) is 0.600. The van der Waals surface area contributed by atoms with Crippen LogP contribution in [0.4, 0.5) is 5.69 Å². The minimum Gasteiger partial charge on any atom is -0.497 e. The zero-order valence-electron chi connectivity index (χ0n) is 17.7. The van der Waals surface area contributed by atoms with Crippen molar-refractivity contribution in [1.82, 2.24) is 0 Å². The molecule has 8 heteroatoms. The van der Waals surface area contributed by atoms with Crippen LogP contribution in [0.25, 0.3) is 11.0 Å². The van der Waals surface area contributed by atoms with Crippen LogP contribution in [0.5, 0.6) is 17.2 Å². The van der Waals surface area contributed by atoms with Gasteiger partial charge < -0.3 is 18.6 Å². The van der Waals surface area contributed by atoms with Crippen molar-refractivity contribution < 1.29 is 27.0 Å². The third-order valence-corrected chi connectivity index (χ3v) is 6.60. The Kier molecular flexibility index (Phi) is 5.87. The van der Waals surface area contributed by atoms with E-state index in [0.717, 1.165) is 0 Å². The lowest BCUT2D eigenvalue weighted by Crippen LogP contribution is -2.15. The van der Waals surface area contributed by atoms with Gasteiger partial charge in [0.15, 0.2) is 0 Å². The number of nitrogens with zero attached hydrogens (tertiary/aromatic N) is 1. The third kappa shape index (κ3) is 4.17. The molecule has 0 N–H and O–H groups in total. The highest BCUT2D eigenvalue weighted by Crippen LogP contribution is 2.29. The molecule has 1 heterocycles. The molecule has 0 atom stereocenters. The molecule has 32 heavy (non-hydrogen) atoms. The van der Waals surface area contributed by atoms with Gasteiger partial charge in [0, 0.05) is 29.7 Å². The standard InChI is InChI=1S/C24H21NO6S/c1-28-18-10-9-16-11-23(32(26,27)21-7-5-4-6-8-21)24(31-22(16)15-18)25-17-12-19(29-2)14-20(13-17)30-3/h4-15H,1-3H3. The molecular formula is C24H21NO6S. The highest BCUT2D eigenvalue weighted by atomic mass is 32.2. The van der Waals surface area contributed by atoms with Crippen LogP contribution >= 0.6 is 0 Å². The number of methoxy groups -OCH3 is 3. The Bertz CT molecular complexity index is 1420. The molecule has 7 nitrogen and oxygen atoms in total. The molecule has 1 aromatic heterocycles. The van der Waals surface area contributed by atoms with E-state index < -0.39 is 9.84 Å². The molecule has 0 radical (unpaired) electrons. The first kappa shape index (κ1) is 21.5. The van der Waals surface area contributed by atoms with Crippen molar-refractivity contribution in [2.75, 3.05) is 21.3 Å². The van der Waals surface area contributed by atoms with Crippen LogP contribution in [-0.2, 0) is 9.84 Å². The number of fused-ring (bicyclic) bond motifs is 1. The zero-order chi connectivity index (χ0) is 22.7. The monoisotopic (exact) mass is 451 g/mol. The molecule has 164 valence electrons. The van der Waals surface area contributed by atoms with Crippen LogP contribution < -0.4 is 19.8 Å². The SMILES string of the molecule is COc1cc(N=c2oc3cc(OC)ccc3cc2S(=O)(=O)c2ccccc2)cc(OC)c1. The maximum absolute atomic E-state index is 13.5. The molecule has 4 rings (SSSR count). The van der Waals surface area contributed by atoms with E-state index in [0.29, 0.717) is 33.9 Å². The highest BCUT2D eigenvalue weighted by Gasteiger charge is 2.22. The van der Waals surface area contributed by atoms with Gasteiger partial charge >= 0.3 is 0 Å². The van der Waals surface area contributed by atoms with Crippen molar-refractivity contribution in [3.63, 3.8) is 0 Å². The maximum atomic E-state index is 13.5. The largest absolute Gasteiger partial charge is 0.497 e. The Morgan fingerprint density at radius 2 is 1.41 bits per heavy atom. The summed E-state index contributed by atoms with van der Waals surface area (Å²) in [5.41, 5.74) is 0.784. The normalized spacial score (nSPS) is 12.0. The number of benzene rings is 3. The van der Waals surface area contributed by atoms with Crippen LogP contribution in [0, 0.1) is 0 Å². The zero-order valence-corrected chi connectivity index (χ0v) is 18.5. The Morgan fingerprint density at radius 1 is 0.750 bits per heavy atom. The summed E-state index contributed by atoms with van der Waals surface area (Å²) in [7, 11) is 0.684. The predicted molar refractivity (Wildman–Crippen MR) is 119 cm³/mol. The van der Waals surface area contributed by atoms with Crippen LogP contribution in [-0.4, -0.2) is 29.7 Å². The fourth-order valence-corrected chi connectivity index (χ4v) is 4.55. The average Bonchev–Trinajstić information content (AvgIpc) is 2.83. The van der Waals surface area contributed by atoms with Crippen LogP contribution in [0.2, 0.25) is 0 Å². The molecule has 0 saturated heterocycles. The van der Waals surface area contributed by atoms with Gasteiger partial charge in [0.2, 0.25) is 15.4 Å². The van der Waals surface area contributed by atoms with Crippen LogP contribution in [0.3, 0.4) is 0 Å². The van der Waals surface area contributed by atoms with Gasteiger partial charge in [-0.2, -0.15) is 0 Å². The Labute approximate surface area is 185 Å². The molecule has 0 aliphatic heterocycles. The molecule has 0 unspecified atom stereocenters. The van der Waals surface area contributed by atoms with Crippen molar-refractivity contribution in [2.24, 2.45) is 4.99 Å². The van der Waals surface area contributed by atoms with Crippen LogP contribution in [0.1, 0.15) is 0 Å². The van der Waals surface area contributed by atoms with E-state index in [-0.39, 0.29) is 15.3 Å².